The summed E-state index contributed by atoms with van der Waals surface area (Å²) in [6, 6.07) is 4.61. The number of aryl methyl sites for hydroxylation is 1. The summed E-state index contributed by atoms with van der Waals surface area (Å²) in [5, 5.41) is 3.37. The molecule has 86 valence electrons. The van der Waals surface area contributed by atoms with E-state index in [2.05, 4.69) is 24.4 Å². The van der Waals surface area contributed by atoms with Crippen LogP contribution in [0.2, 0.25) is 0 Å². The average Bonchev–Trinajstić information content (AvgIpc) is 2.65. The molecule has 15 heavy (non-hydrogen) atoms. The third-order valence-corrected chi connectivity index (χ3v) is 4.08. The van der Waals surface area contributed by atoms with Crippen LogP contribution in [0.1, 0.15) is 28.6 Å². The van der Waals surface area contributed by atoms with Crippen molar-refractivity contribution in [3.8, 4) is 0 Å². The van der Waals surface area contributed by atoms with E-state index in [1.807, 2.05) is 11.3 Å². The zero-order chi connectivity index (χ0) is 9.97. The number of halogens is 1. The Morgan fingerprint density at radius 1 is 1.40 bits per heavy atom. The highest BCUT2D eigenvalue weighted by atomic mass is 35.5. The van der Waals surface area contributed by atoms with Crippen molar-refractivity contribution in [1.82, 2.24) is 5.32 Å². The lowest BCUT2D eigenvalue weighted by molar-refractivity contribution is 0.325. The Morgan fingerprint density at radius 3 is 2.60 bits per heavy atom. The van der Waals surface area contributed by atoms with Crippen molar-refractivity contribution in [3.63, 3.8) is 0 Å². The quantitative estimate of drug-likeness (QED) is 0.842. The first-order valence-corrected chi connectivity index (χ1v) is 6.11. The van der Waals surface area contributed by atoms with Crippen LogP contribution in [0.5, 0.6) is 0 Å². The first-order valence-electron chi connectivity index (χ1n) is 5.30. The number of piperidine rings is 1. The van der Waals surface area contributed by atoms with Crippen molar-refractivity contribution in [2.75, 3.05) is 13.1 Å². The minimum Gasteiger partial charge on any atom is -0.323 e. The maximum Gasteiger partial charge on any atom is 0.0419 e. The molecule has 0 unspecified atom stereocenters. The van der Waals surface area contributed by atoms with E-state index in [9.17, 15) is 0 Å². The molecule has 2 heterocycles. The summed E-state index contributed by atoms with van der Waals surface area (Å²) in [5.74, 6) is 0.675. The summed E-state index contributed by atoms with van der Waals surface area (Å²) in [6.07, 6.45) is 2.44. The molecule has 1 fully saturated rings. The van der Waals surface area contributed by atoms with Crippen molar-refractivity contribution >= 4 is 23.7 Å². The van der Waals surface area contributed by atoms with Gasteiger partial charge in [0.1, 0.15) is 0 Å². The summed E-state index contributed by atoms with van der Waals surface area (Å²) >= 11 is 1.84. The molecular formula is C11H19ClN2S. The third-order valence-electron chi connectivity index (χ3n) is 2.98. The molecular weight excluding hydrogens is 228 g/mol. The van der Waals surface area contributed by atoms with E-state index in [1.54, 1.807) is 0 Å². The van der Waals surface area contributed by atoms with E-state index < -0.39 is 0 Å². The van der Waals surface area contributed by atoms with Gasteiger partial charge in [0.25, 0.3) is 0 Å². The fraction of sp³-hybridized carbons (Fsp3) is 0.636. The predicted octanol–water partition coefficient (Wildman–Crippen LogP) is 2.48. The van der Waals surface area contributed by atoms with Crippen LogP contribution in [0.25, 0.3) is 0 Å². The molecule has 1 aromatic rings. The van der Waals surface area contributed by atoms with E-state index in [4.69, 9.17) is 5.73 Å². The molecule has 2 nitrogen and oxygen atoms in total. The number of nitrogens with two attached hydrogens (primary N) is 1. The molecule has 0 bridgehead atoms. The van der Waals surface area contributed by atoms with Gasteiger partial charge in [0.15, 0.2) is 0 Å². The van der Waals surface area contributed by atoms with Crippen LogP contribution in [0.3, 0.4) is 0 Å². The maximum atomic E-state index is 6.27. The van der Waals surface area contributed by atoms with Gasteiger partial charge in [-0.15, -0.1) is 23.7 Å². The number of rotatable bonds is 2. The molecule has 1 aliphatic heterocycles. The number of hydrogen-bond donors (Lipinski definition) is 2. The smallest absolute Gasteiger partial charge is 0.0419 e. The largest absolute Gasteiger partial charge is 0.323 e. The summed E-state index contributed by atoms with van der Waals surface area (Å²) in [6.45, 7) is 4.40. The summed E-state index contributed by atoms with van der Waals surface area (Å²) in [4.78, 5) is 2.72. The van der Waals surface area contributed by atoms with Gasteiger partial charge in [-0.25, -0.2) is 0 Å². The van der Waals surface area contributed by atoms with E-state index in [0.717, 1.165) is 13.1 Å². The highest BCUT2D eigenvalue weighted by Gasteiger charge is 2.22. The van der Waals surface area contributed by atoms with E-state index in [0.29, 0.717) is 5.92 Å². The lowest BCUT2D eigenvalue weighted by atomic mass is 9.90. The zero-order valence-corrected chi connectivity index (χ0v) is 10.7. The molecule has 1 aliphatic rings. The third kappa shape index (κ3) is 3.18. The molecule has 0 aromatic carbocycles. The normalized spacial score (nSPS) is 19.6. The van der Waals surface area contributed by atoms with Gasteiger partial charge in [-0.1, -0.05) is 0 Å². The Hall–Kier alpha value is -0.0900. The van der Waals surface area contributed by atoms with Crippen LogP contribution in [0, 0.1) is 12.8 Å². The first kappa shape index (κ1) is 13.0. The zero-order valence-electron chi connectivity index (χ0n) is 9.03. The highest BCUT2D eigenvalue weighted by Crippen LogP contribution is 2.30. The van der Waals surface area contributed by atoms with Crippen LogP contribution in [0.15, 0.2) is 12.1 Å². The van der Waals surface area contributed by atoms with Crippen LogP contribution in [-0.4, -0.2) is 13.1 Å². The van der Waals surface area contributed by atoms with Crippen LogP contribution >= 0.6 is 23.7 Å². The van der Waals surface area contributed by atoms with Crippen LogP contribution in [-0.2, 0) is 0 Å². The second-order valence-electron chi connectivity index (χ2n) is 4.06. The lowest BCUT2D eigenvalue weighted by Crippen LogP contribution is -2.33. The van der Waals surface area contributed by atoms with Crippen LogP contribution in [0.4, 0.5) is 0 Å². The number of hydrogen-bond acceptors (Lipinski definition) is 3. The summed E-state index contributed by atoms with van der Waals surface area (Å²) in [7, 11) is 0. The Kier molecular flexibility index (Phi) is 5.06. The van der Waals surface area contributed by atoms with Gasteiger partial charge < -0.3 is 11.1 Å². The van der Waals surface area contributed by atoms with E-state index in [1.165, 1.54) is 22.6 Å². The molecule has 1 atom stereocenters. The van der Waals surface area contributed by atoms with Crippen molar-refractivity contribution < 1.29 is 0 Å². The average molecular weight is 247 g/mol. The second-order valence-corrected chi connectivity index (χ2v) is 5.38. The highest BCUT2D eigenvalue weighted by molar-refractivity contribution is 7.12. The summed E-state index contributed by atoms with van der Waals surface area (Å²) in [5.41, 5.74) is 6.27. The van der Waals surface area contributed by atoms with Gasteiger partial charge in [-0.05, 0) is 50.9 Å². The SMILES string of the molecule is Cc1ccc([C@H](N)C2CCNCC2)s1.Cl. The number of nitrogens with one attached hydrogen (secondary N) is 1. The minimum absolute atomic E-state index is 0. The first-order chi connectivity index (χ1) is 6.77. The van der Waals surface area contributed by atoms with E-state index in [-0.39, 0.29) is 18.4 Å². The topological polar surface area (TPSA) is 38.0 Å². The fourth-order valence-corrected chi connectivity index (χ4v) is 3.04. The molecule has 0 spiro atoms. The van der Waals surface area contributed by atoms with Crippen molar-refractivity contribution in [1.29, 1.82) is 0 Å². The Balaban J connectivity index is 0.00000112. The standard InChI is InChI=1S/C11H18N2S.ClH/c1-8-2-3-10(14-8)11(12)9-4-6-13-7-5-9;/h2-3,9,11,13H,4-7,12H2,1H3;1H/t11-;/m1./s1. The van der Waals surface area contributed by atoms with Crippen molar-refractivity contribution in [3.05, 3.63) is 21.9 Å². The van der Waals surface area contributed by atoms with Gasteiger partial charge in [0.2, 0.25) is 0 Å². The molecule has 3 N–H and O–H groups in total. The second kappa shape index (κ2) is 5.85. The van der Waals surface area contributed by atoms with Crippen molar-refractivity contribution in [2.45, 2.75) is 25.8 Å². The van der Waals surface area contributed by atoms with E-state index >= 15 is 0 Å². The lowest BCUT2D eigenvalue weighted by Gasteiger charge is -2.27. The minimum atomic E-state index is 0. The molecule has 1 saturated heterocycles. The fourth-order valence-electron chi connectivity index (χ4n) is 2.07. The molecule has 0 aliphatic carbocycles. The van der Waals surface area contributed by atoms with Crippen molar-refractivity contribution in [2.24, 2.45) is 11.7 Å². The summed E-state index contributed by atoms with van der Waals surface area (Å²) < 4.78 is 0. The molecule has 0 radical (unpaired) electrons. The molecule has 0 amide bonds. The molecule has 1 aromatic heterocycles. The Labute approximate surface area is 102 Å². The van der Waals surface area contributed by atoms with Gasteiger partial charge in [0, 0.05) is 15.8 Å². The Bertz CT molecular complexity index is 295. The predicted molar refractivity (Wildman–Crippen MR) is 68.8 cm³/mol. The monoisotopic (exact) mass is 246 g/mol. The maximum absolute atomic E-state index is 6.27. The molecule has 0 saturated carbocycles. The van der Waals surface area contributed by atoms with Gasteiger partial charge in [-0.2, -0.15) is 0 Å². The number of thiophene rings is 1. The van der Waals surface area contributed by atoms with Gasteiger partial charge >= 0.3 is 0 Å². The van der Waals surface area contributed by atoms with Gasteiger partial charge in [-0.3, -0.25) is 0 Å². The Morgan fingerprint density at radius 2 is 2.07 bits per heavy atom. The van der Waals surface area contributed by atoms with Crippen LogP contribution < -0.4 is 11.1 Å². The molecule has 2 rings (SSSR count). The molecule has 4 heteroatoms. The van der Waals surface area contributed by atoms with Gasteiger partial charge in [0.05, 0.1) is 0 Å².